The highest BCUT2D eigenvalue weighted by atomic mass is 32.1. The Kier molecular flexibility index (Phi) is 17.7. The molecule has 1 heterocycles. The van der Waals surface area contributed by atoms with Crippen LogP contribution >= 0.6 is 11.7 Å². The summed E-state index contributed by atoms with van der Waals surface area (Å²) >= 11 is 1.25. The zero-order valence-corrected chi connectivity index (χ0v) is 23.6. The molecular weight excluding hydrogens is 452 g/mol. The Balaban J connectivity index is 1.59. The first kappa shape index (κ1) is 29.9. The molecule has 0 saturated heterocycles. The second-order valence-electron chi connectivity index (χ2n) is 10.1. The topological polar surface area (TPSA) is 44.2 Å². The Hall–Kier alpha value is -1.36. The van der Waals surface area contributed by atoms with Crippen LogP contribution < -0.4 is 9.47 Å². The summed E-state index contributed by atoms with van der Waals surface area (Å²) in [6.45, 7) is 6.03. The standard InChI is InChI=1S/C30H52N2O2S/c1-3-5-7-9-11-13-15-17-19-21-25-33-28-24-23-27-29(32-35-31-27)30(28)34-26-22-20-18-16-14-12-10-8-6-4-2/h23-24H,3-22,25-26H2,1-2H3. The third kappa shape index (κ3) is 13.5. The van der Waals surface area contributed by atoms with E-state index in [1.807, 2.05) is 12.1 Å². The monoisotopic (exact) mass is 504 g/mol. The maximum Gasteiger partial charge on any atom is 0.190 e. The third-order valence-electron chi connectivity index (χ3n) is 6.85. The Morgan fingerprint density at radius 1 is 0.543 bits per heavy atom. The van der Waals surface area contributed by atoms with Crippen molar-refractivity contribution in [1.29, 1.82) is 0 Å². The molecule has 0 fully saturated rings. The lowest BCUT2D eigenvalue weighted by atomic mass is 10.1. The summed E-state index contributed by atoms with van der Waals surface area (Å²) in [5.74, 6) is 1.62. The fourth-order valence-corrected chi connectivity index (χ4v) is 5.13. The Labute approximate surface area is 219 Å². The number of hydrogen-bond acceptors (Lipinski definition) is 5. The van der Waals surface area contributed by atoms with Crippen LogP contribution in [0.1, 0.15) is 142 Å². The predicted octanol–water partition coefficient (Wildman–Crippen LogP) is 10.3. The van der Waals surface area contributed by atoms with Gasteiger partial charge >= 0.3 is 0 Å². The van der Waals surface area contributed by atoms with Gasteiger partial charge in [-0.15, -0.1) is 0 Å². The third-order valence-corrected chi connectivity index (χ3v) is 7.39. The van der Waals surface area contributed by atoms with E-state index in [1.54, 1.807) is 0 Å². The van der Waals surface area contributed by atoms with Crippen LogP contribution in [-0.4, -0.2) is 22.0 Å². The van der Waals surface area contributed by atoms with Gasteiger partial charge in [0.1, 0.15) is 5.52 Å². The minimum absolute atomic E-state index is 0.724. The van der Waals surface area contributed by atoms with E-state index >= 15 is 0 Å². The zero-order valence-electron chi connectivity index (χ0n) is 22.8. The summed E-state index contributed by atoms with van der Waals surface area (Å²) < 4.78 is 21.2. The molecule has 0 N–H and O–H groups in total. The summed E-state index contributed by atoms with van der Waals surface area (Å²) in [4.78, 5) is 0. The first-order chi connectivity index (χ1) is 17.4. The molecule has 4 nitrogen and oxygen atoms in total. The molecule has 0 saturated carbocycles. The molecule has 2 aromatic rings. The largest absolute Gasteiger partial charge is 0.490 e. The van der Waals surface area contributed by atoms with E-state index in [0.29, 0.717) is 0 Å². The maximum atomic E-state index is 6.21. The molecule has 1 aromatic heterocycles. The van der Waals surface area contributed by atoms with Crippen LogP contribution in [0.3, 0.4) is 0 Å². The van der Waals surface area contributed by atoms with E-state index in [9.17, 15) is 0 Å². The number of fused-ring (bicyclic) bond motifs is 1. The van der Waals surface area contributed by atoms with Crippen molar-refractivity contribution in [3.63, 3.8) is 0 Å². The van der Waals surface area contributed by atoms with Gasteiger partial charge in [0.15, 0.2) is 17.0 Å². The number of hydrogen-bond donors (Lipinski definition) is 0. The number of benzene rings is 1. The van der Waals surface area contributed by atoms with Gasteiger partial charge in [-0.1, -0.05) is 129 Å². The van der Waals surface area contributed by atoms with Crippen molar-refractivity contribution in [3.8, 4) is 11.5 Å². The molecule has 0 aliphatic rings. The average molecular weight is 505 g/mol. The number of nitrogens with zero attached hydrogens (tertiary/aromatic N) is 2. The summed E-state index contributed by atoms with van der Waals surface area (Å²) in [6.07, 6.45) is 26.6. The van der Waals surface area contributed by atoms with Crippen molar-refractivity contribution < 1.29 is 9.47 Å². The fraction of sp³-hybridized carbons (Fsp3) is 0.800. The molecule has 0 radical (unpaired) electrons. The second-order valence-corrected chi connectivity index (χ2v) is 10.6. The first-order valence-corrected chi connectivity index (χ1v) is 15.6. The molecule has 5 heteroatoms. The van der Waals surface area contributed by atoms with E-state index < -0.39 is 0 Å². The van der Waals surface area contributed by atoms with Crippen LogP contribution in [0.5, 0.6) is 11.5 Å². The van der Waals surface area contributed by atoms with Crippen LogP contribution in [0.25, 0.3) is 11.0 Å². The van der Waals surface area contributed by atoms with E-state index in [1.165, 1.54) is 127 Å². The average Bonchev–Trinajstić information content (AvgIpc) is 3.35. The van der Waals surface area contributed by atoms with Gasteiger partial charge in [-0.3, -0.25) is 0 Å². The van der Waals surface area contributed by atoms with Crippen molar-refractivity contribution >= 4 is 22.8 Å². The zero-order chi connectivity index (χ0) is 24.8. The molecule has 0 amide bonds. The Morgan fingerprint density at radius 3 is 1.51 bits per heavy atom. The van der Waals surface area contributed by atoms with Crippen LogP contribution in [0.4, 0.5) is 0 Å². The molecule has 0 spiro atoms. The molecule has 2 rings (SSSR count). The lowest BCUT2D eigenvalue weighted by molar-refractivity contribution is 0.260. The van der Waals surface area contributed by atoms with Gasteiger partial charge in [0.25, 0.3) is 0 Å². The van der Waals surface area contributed by atoms with E-state index in [0.717, 1.165) is 48.6 Å². The molecule has 1 aromatic carbocycles. The number of aromatic nitrogens is 2. The van der Waals surface area contributed by atoms with Gasteiger partial charge in [0.05, 0.1) is 24.9 Å². The van der Waals surface area contributed by atoms with E-state index in [-0.39, 0.29) is 0 Å². The van der Waals surface area contributed by atoms with Crippen LogP contribution in [-0.2, 0) is 0 Å². The van der Waals surface area contributed by atoms with Gasteiger partial charge < -0.3 is 9.47 Å². The lowest BCUT2D eigenvalue weighted by Gasteiger charge is -2.13. The van der Waals surface area contributed by atoms with Crippen molar-refractivity contribution in [3.05, 3.63) is 12.1 Å². The van der Waals surface area contributed by atoms with E-state index in [4.69, 9.17) is 9.47 Å². The van der Waals surface area contributed by atoms with Crippen LogP contribution in [0.2, 0.25) is 0 Å². The quantitative estimate of drug-likeness (QED) is 0.133. The normalized spacial score (nSPS) is 11.4. The van der Waals surface area contributed by atoms with E-state index in [2.05, 4.69) is 22.6 Å². The number of rotatable bonds is 24. The number of ether oxygens (including phenoxy) is 2. The predicted molar refractivity (Wildman–Crippen MR) is 152 cm³/mol. The molecular formula is C30H52N2O2S. The Bertz CT molecular complexity index is 749. The molecule has 0 unspecified atom stereocenters. The smallest absolute Gasteiger partial charge is 0.190 e. The number of unbranched alkanes of at least 4 members (excludes halogenated alkanes) is 18. The summed E-state index contributed by atoms with van der Waals surface area (Å²) in [5.41, 5.74) is 1.75. The molecule has 35 heavy (non-hydrogen) atoms. The first-order valence-electron chi connectivity index (χ1n) is 14.9. The van der Waals surface area contributed by atoms with Crippen molar-refractivity contribution in [2.75, 3.05) is 13.2 Å². The second kappa shape index (κ2) is 20.8. The summed E-state index contributed by atoms with van der Waals surface area (Å²) in [5, 5.41) is 0. The SMILES string of the molecule is CCCCCCCCCCCCOc1ccc2nsnc2c1OCCCCCCCCCCCC. The molecule has 0 bridgehead atoms. The lowest BCUT2D eigenvalue weighted by Crippen LogP contribution is -2.03. The van der Waals surface area contributed by atoms with Crippen molar-refractivity contribution in [2.24, 2.45) is 0 Å². The summed E-state index contributed by atoms with van der Waals surface area (Å²) in [6, 6.07) is 4.01. The molecule has 200 valence electrons. The van der Waals surface area contributed by atoms with Crippen LogP contribution in [0.15, 0.2) is 12.1 Å². The van der Waals surface area contributed by atoms with Crippen LogP contribution in [0, 0.1) is 0 Å². The highest BCUT2D eigenvalue weighted by Gasteiger charge is 2.14. The van der Waals surface area contributed by atoms with Crippen molar-refractivity contribution in [1.82, 2.24) is 8.75 Å². The highest BCUT2D eigenvalue weighted by Crippen LogP contribution is 2.35. The van der Waals surface area contributed by atoms with Gasteiger partial charge in [-0.05, 0) is 25.0 Å². The van der Waals surface area contributed by atoms with Crippen molar-refractivity contribution in [2.45, 2.75) is 142 Å². The molecule has 0 aliphatic heterocycles. The maximum absolute atomic E-state index is 6.21. The van der Waals surface area contributed by atoms with Gasteiger partial charge in [0, 0.05) is 0 Å². The minimum atomic E-state index is 0.724. The Morgan fingerprint density at radius 2 is 1.00 bits per heavy atom. The van der Waals surface area contributed by atoms with Gasteiger partial charge in [-0.2, -0.15) is 8.75 Å². The highest BCUT2D eigenvalue weighted by molar-refractivity contribution is 7.00. The fourth-order valence-electron chi connectivity index (χ4n) is 4.60. The summed E-state index contributed by atoms with van der Waals surface area (Å²) in [7, 11) is 0. The van der Waals surface area contributed by atoms with Gasteiger partial charge in [-0.25, -0.2) is 0 Å². The minimum Gasteiger partial charge on any atom is -0.490 e. The molecule has 0 aliphatic carbocycles. The molecule has 0 atom stereocenters. The van der Waals surface area contributed by atoms with Gasteiger partial charge in [0.2, 0.25) is 0 Å².